The van der Waals surface area contributed by atoms with E-state index < -0.39 is 0 Å². The highest BCUT2D eigenvalue weighted by Gasteiger charge is 2.22. The highest BCUT2D eigenvalue weighted by Crippen LogP contribution is 2.14. The highest BCUT2D eigenvalue weighted by atomic mass is 16.5. The van der Waals surface area contributed by atoms with Crippen LogP contribution in [0.25, 0.3) is 0 Å². The van der Waals surface area contributed by atoms with Crippen LogP contribution in [0.4, 0.5) is 0 Å². The normalized spacial score (nSPS) is 16.1. The Morgan fingerprint density at radius 2 is 1.86 bits per heavy atom. The van der Waals surface area contributed by atoms with Crippen molar-refractivity contribution < 1.29 is 9.53 Å². The van der Waals surface area contributed by atoms with Gasteiger partial charge in [0.1, 0.15) is 0 Å². The summed E-state index contributed by atoms with van der Waals surface area (Å²) in [5.74, 6) is -0.365. The molecule has 1 aromatic heterocycles. The number of esters is 1. The molecule has 0 radical (unpaired) electrons. The smallest absolute Gasteiger partial charge is 0.340 e. The third kappa shape index (κ3) is 3.10. The lowest BCUT2D eigenvalue weighted by atomic mass is 10.1. The number of carbonyl (C=O) groups excluding carboxylic acids is 1. The van der Waals surface area contributed by atoms with Crippen molar-refractivity contribution in [2.75, 3.05) is 44.8 Å². The molecule has 2 heterocycles. The number of ether oxygens (including phenoxy) is 1. The zero-order valence-electron chi connectivity index (χ0n) is 13.2. The number of hydrogen-bond donors (Lipinski definition) is 0. The minimum absolute atomic E-state index is 0.0948. The number of carbonyl (C=O) groups is 1. The molecule has 1 aromatic rings. The summed E-state index contributed by atoms with van der Waals surface area (Å²) in [7, 11) is 2.06. The van der Waals surface area contributed by atoms with Gasteiger partial charge in [-0.05, 0) is 33.4 Å². The maximum atomic E-state index is 12.3. The van der Waals surface area contributed by atoms with Gasteiger partial charge in [0.05, 0.1) is 17.9 Å². The topological polar surface area (TPSA) is 54.8 Å². The number of pyridine rings is 1. The van der Waals surface area contributed by atoms with Crippen molar-refractivity contribution in [1.82, 2.24) is 9.58 Å². The molecule has 1 saturated heterocycles. The summed E-state index contributed by atoms with van der Waals surface area (Å²) in [4.78, 5) is 26.7. The molecule has 0 unspecified atom stereocenters. The van der Waals surface area contributed by atoms with Gasteiger partial charge in [-0.25, -0.2) is 9.47 Å². The van der Waals surface area contributed by atoms with E-state index in [9.17, 15) is 9.59 Å². The first-order valence-electron chi connectivity index (χ1n) is 7.29. The third-order valence-electron chi connectivity index (χ3n) is 3.86. The van der Waals surface area contributed by atoms with Crippen molar-refractivity contribution in [3.8, 4) is 0 Å². The van der Waals surface area contributed by atoms with Gasteiger partial charge in [0, 0.05) is 32.2 Å². The fourth-order valence-corrected chi connectivity index (χ4v) is 2.73. The second-order valence-electron chi connectivity index (χ2n) is 5.42. The first kappa shape index (κ1) is 15.6. The molecule has 0 N–H and O–H groups in total. The van der Waals surface area contributed by atoms with Crippen LogP contribution in [0.5, 0.6) is 0 Å². The molecule has 0 aliphatic carbocycles. The molecule has 1 fully saturated rings. The number of aromatic nitrogens is 1. The molecule has 6 nitrogen and oxygen atoms in total. The summed E-state index contributed by atoms with van der Waals surface area (Å²) in [6, 6.07) is 1.51. The summed E-state index contributed by atoms with van der Waals surface area (Å²) in [6.45, 7) is 9.01. The van der Waals surface area contributed by atoms with E-state index in [1.54, 1.807) is 25.4 Å². The first-order chi connectivity index (χ1) is 9.95. The molecular formula is C15H23N3O3. The van der Waals surface area contributed by atoms with Crippen LogP contribution >= 0.6 is 0 Å². The molecule has 0 atom stereocenters. The van der Waals surface area contributed by atoms with Gasteiger partial charge in [0.25, 0.3) is 5.56 Å². The van der Waals surface area contributed by atoms with E-state index >= 15 is 0 Å². The summed E-state index contributed by atoms with van der Waals surface area (Å²) in [6.07, 6.45) is 0. The predicted molar refractivity (Wildman–Crippen MR) is 81.6 cm³/mol. The Morgan fingerprint density at radius 1 is 1.24 bits per heavy atom. The molecule has 1 aliphatic rings. The quantitative estimate of drug-likeness (QED) is 0.761. The lowest BCUT2D eigenvalue weighted by molar-refractivity contribution is 0.0523. The SMILES string of the molecule is CCOC(=O)c1c(C)cc(=O)n(N2CCN(C)CC2)c1C. The maximum Gasteiger partial charge on any atom is 0.340 e. The minimum atomic E-state index is -0.365. The molecule has 116 valence electrons. The van der Waals surface area contributed by atoms with E-state index in [0.717, 1.165) is 26.2 Å². The Bertz CT molecular complexity index is 587. The Kier molecular flexibility index (Phi) is 4.67. The second-order valence-corrected chi connectivity index (χ2v) is 5.42. The molecule has 21 heavy (non-hydrogen) atoms. The Balaban J connectivity index is 2.44. The van der Waals surface area contributed by atoms with E-state index in [4.69, 9.17) is 4.74 Å². The van der Waals surface area contributed by atoms with E-state index in [0.29, 0.717) is 23.4 Å². The fourth-order valence-electron chi connectivity index (χ4n) is 2.73. The van der Waals surface area contributed by atoms with Crippen molar-refractivity contribution in [3.63, 3.8) is 0 Å². The molecule has 2 rings (SSSR count). The van der Waals surface area contributed by atoms with Crippen molar-refractivity contribution in [3.05, 3.63) is 33.2 Å². The van der Waals surface area contributed by atoms with Gasteiger partial charge in [0.2, 0.25) is 0 Å². The molecule has 0 spiro atoms. The van der Waals surface area contributed by atoms with Gasteiger partial charge in [-0.1, -0.05) is 0 Å². The van der Waals surface area contributed by atoms with E-state index in [1.165, 1.54) is 6.07 Å². The number of rotatable bonds is 3. The molecule has 0 saturated carbocycles. The van der Waals surface area contributed by atoms with Gasteiger partial charge < -0.3 is 14.6 Å². The van der Waals surface area contributed by atoms with Crippen LogP contribution in [0.1, 0.15) is 28.5 Å². The van der Waals surface area contributed by atoms with Gasteiger partial charge in [-0.2, -0.15) is 0 Å². The number of piperazine rings is 1. The maximum absolute atomic E-state index is 12.3. The molecule has 1 aliphatic heterocycles. The van der Waals surface area contributed by atoms with Crippen LogP contribution in [0.3, 0.4) is 0 Å². The van der Waals surface area contributed by atoms with Crippen molar-refractivity contribution >= 4 is 5.97 Å². The lowest BCUT2D eigenvalue weighted by Gasteiger charge is -2.36. The number of nitrogens with zero attached hydrogens (tertiary/aromatic N) is 3. The summed E-state index contributed by atoms with van der Waals surface area (Å²) < 4.78 is 6.73. The zero-order valence-corrected chi connectivity index (χ0v) is 13.2. The van der Waals surface area contributed by atoms with Gasteiger partial charge >= 0.3 is 5.97 Å². The summed E-state index contributed by atoms with van der Waals surface area (Å²) in [5.41, 5.74) is 1.72. The van der Waals surface area contributed by atoms with Gasteiger partial charge in [0.15, 0.2) is 0 Å². The third-order valence-corrected chi connectivity index (χ3v) is 3.86. The fraction of sp³-hybridized carbons (Fsp3) is 0.600. The van der Waals surface area contributed by atoms with Crippen molar-refractivity contribution in [1.29, 1.82) is 0 Å². The molecule has 0 bridgehead atoms. The summed E-state index contributed by atoms with van der Waals surface area (Å²) in [5, 5.41) is 2.00. The monoisotopic (exact) mass is 293 g/mol. The summed E-state index contributed by atoms with van der Waals surface area (Å²) >= 11 is 0. The van der Waals surface area contributed by atoms with Crippen molar-refractivity contribution in [2.45, 2.75) is 20.8 Å². The number of hydrogen-bond acceptors (Lipinski definition) is 5. The molecular weight excluding hydrogens is 270 g/mol. The number of aryl methyl sites for hydroxylation is 1. The minimum Gasteiger partial charge on any atom is -0.462 e. The van der Waals surface area contributed by atoms with Crippen LogP contribution in [0.15, 0.2) is 10.9 Å². The lowest BCUT2D eigenvalue weighted by Crippen LogP contribution is -2.54. The van der Waals surface area contributed by atoms with Crippen LogP contribution in [-0.4, -0.2) is 55.4 Å². The Hall–Kier alpha value is -1.82. The van der Waals surface area contributed by atoms with Gasteiger partial charge in [-0.15, -0.1) is 0 Å². The average molecular weight is 293 g/mol. The largest absolute Gasteiger partial charge is 0.462 e. The molecule has 0 aromatic carbocycles. The number of likely N-dealkylation sites (N-methyl/N-ethyl adjacent to an activating group) is 1. The van der Waals surface area contributed by atoms with Crippen LogP contribution in [-0.2, 0) is 4.74 Å². The Labute approximate surface area is 124 Å². The highest BCUT2D eigenvalue weighted by molar-refractivity contribution is 5.92. The van der Waals surface area contributed by atoms with Crippen LogP contribution in [0.2, 0.25) is 0 Å². The van der Waals surface area contributed by atoms with E-state index in [-0.39, 0.29) is 11.5 Å². The van der Waals surface area contributed by atoms with Gasteiger partial charge in [-0.3, -0.25) is 4.79 Å². The van der Waals surface area contributed by atoms with E-state index in [2.05, 4.69) is 11.9 Å². The molecule has 6 heteroatoms. The molecule has 0 amide bonds. The Morgan fingerprint density at radius 3 is 2.43 bits per heavy atom. The second kappa shape index (κ2) is 6.30. The first-order valence-corrected chi connectivity index (χ1v) is 7.29. The van der Waals surface area contributed by atoms with Crippen LogP contribution < -0.4 is 10.6 Å². The van der Waals surface area contributed by atoms with Crippen LogP contribution in [0, 0.1) is 13.8 Å². The van der Waals surface area contributed by atoms with E-state index in [1.807, 2.05) is 5.01 Å². The zero-order chi connectivity index (χ0) is 15.6. The predicted octanol–water partition coefficient (Wildman–Crippen LogP) is 0.525. The average Bonchev–Trinajstić information content (AvgIpc) is 2.40. The standard InChI is InChI=1S/C15H23N3O3/c1-5-21-15(20)14-11(2)10-13(19)18(12(14)3)17-8-6-16(4)7-9-17/h10H,5-9H2,1-4H3. The van der Waals surface area contributed by atoms with Crippen molar-refractivity contribution in [2.24, 2.45) is 0 Å².